The maximum absolute atomic E-state index is 11.9. The van der Waals surface area contributed by atoms with Crippen molar-refractivity contribution in [2.75, 3.05) is 24.2 Å². The Bertz CT molecular complexity index is 1240. The third kappa shape index (κ3) is 3.67. The Hall–Kier alpha value is -2.83. The fourth-order valence-electron chi connectivity index (χ4n) is 5.18. The summed E-state index contributed by atoms with van der Waals surface area (Å²) in [6, 6.07) is 4.32. The molecule has 4 heterocycles. The molecule has 2 aromatic heterocycles. The zero-order chi connectivity index (χ0) is 22.5. The number of allylic oxidation sites excluding steroid dienone is 1. The lowest BCUT2D eigenvalue weighted by molar-refractivity contribution is 0.317. The van der Waals surface area contributed by atoms with E-state index in [1.165, 1.54) is 6.26 Å². The van der Waals surface area contributed by atoms with E-state index in [0.717, 1.165) is 59.6 Å². The van der Waals surface area contributed by atoms with Gasteiger partial charge in [0.05, 0.1) is 23.3 Å². The summed E-state index contributed by atoms with van der Waals surface area (Å²) in [6.45, 7) is 3.91. The predicted molar refractivity (Wildman–Crippen MR) is 121 cm³/mol. The van der Waals surface area contributed by atoms with E-state index < -0.39 is 10.0 Å². The molecule has 1 aliphatic carbocycles. The lowest BCUT2D eigenvalue weighted by Gasteiger charge is -2.39. The summed E-state index contributed by atoms with van der Waals surface area (Å²) in [6.07, 6.45) is 10.2. The molecule has 5 rings (SSSR count). The standard InChI is InChI=1S/C23H26N6O2S/c1-15-10-21-19(13-29(15)22-11-17(12-24)27-20-5-3-4-18(20)22)23(26-14-25-21)16-6-8-28(9-7-16)32(2,30)31/h3-4,11,14-16H,5-10,13H2,1-2H3/t15-/m1/s1. The quantitative estimate of drug-likeness (QED) is 0.707. The van der Waals surface area contributed by atoms with Gasteiger partial charge < -0.3 is 4.90 Å². The van der Waals surface area contributed by atoms with Crippen molar-refractivity contribution in [1.82, 2.24) is 19.3 Å². The number of hydrogen-bond donors (Lipinski definition) is 0. The van der Waals surface area contributed by atoms with Gasteiger partial charge in [-0.05, 0) is 25.8 Å². The Morgan fingerprint density at radius 2 is 1.97 bits per heavy atom. The zero-order valence-electron chi connectivity index (χ0n) is 18.3. The van der Waals surface area contributed by atoms with Gasteiger partial charge in [0.25, 0.3) is 0 Å². The molecule has 8 nitrogen and oxygen atoms in total. The molecule has 0 bridgehead atoms. The van der Waals surface area contributed by atoms with Crippen molar-refractivity contribution in [3.63, 3.8) is 0 Å². The summed E-state index contributed by atoms with van der Waals surface area (Å²) in [4.78, 5) is 16.1. The Labute approximate surface area is 188 Å². The van der Waals surface area contributed by atoms with Gasteiger partial charge in [0.2, 0.25) is 10.0 Å². The van der Waals surface area contributed by atoms with Crippen LogP contribution in [0.5, 0.6) is 0 Å². The lowest BCUT2D eigenvalue weighted by Crippen LogP contribution is -2.41. The number of piperidine rings is 1. The first-order valence-electron chi connectivity index (χ1n) is 11.0. The minimum absolute atomic E-state index is 0.220. The van der Waals surface area contributed by atoms with Crippen molar-refractivity contribution in [2.45, 2.75) is 51.1 Å². The summed E-state index contributed by atoms with van der Waals surface area (Å²) in [5.74, 6) is 0.220. The Morgan fingerprint density at radius 1 is 1.19 bits per heavy atom. The van der Waals surface area contributed by atoms with Gasteiger partial charge in [0, 0.05) is 61.2 Å². The number of hydrogen-bond acceptors (Lipinski definition) is 7. The topological polar surface area (TPSA) is 103 Å². The molecule has 0 spiro atoms. The molecule has 0 unspecified atom stereocenters. The van der Waals surface area contributed by atoms with Crippen LogP contribution in [0.2, 0.25) is 0 Å². The molecule has 9 heteroatoms. The highest BCUT2D eigenvalue weighted by atomic mass is 32.2. The highest BCUT2D eigenvalue weighted by Gasteiger charge is 2.33. The molecule has 1 fully saturated rings. The van der Waals surface area contributed by atoms with E-state index in [4.69, 9.17) is 0 Å². The van der Waals surface area contributed by atoms with Crippen LogP contribution in [0.4, 0.5) is 5.69 Å². The normalized spacial score (nSPS) is 21.3. The molecule has 2 aliphatic heterocycles. The molecule has 1 atom stereocenters. The minimum atomic E-state index is -3.16. The summed E-state index contributed by atoms with van der Waals surface area (Å²) in [5, 5.41) is 9.49. The van der Waals surface area contributed by atoms with Gasteiger partial charge in [-0.1, -0.05) is 12.2 Å². The zero-order valence-corrected chi connectivity index (χ0v) is 19.1. The minimum Gasteiger partial charge on any atom is -0.363 e. The van der Waals surface area contributed by atoms with Gasteiger partial charge in [-0.3, -0.25) is 0 Å². The van der Waals surface area contributed by atoms with Crippen LogP contribution in [-0.4, -0.2) is 53.1 Å². The number of rotatable bonds is 3. The Kier molecular flexibility index (Phi) is 5.22. The fraction of sp³-hybridized carbons (Fsp3) is 0.478. The van der Waals surface area contributed by atoms with E-state index in [2.05, 4.69) is 45.0 Å². The molecule has 32 heavy (non-hydrogen) atoms. The van der Waals surface area contributed by atoms with Crippen molar-refractivity contribution < 1.29 is 8.42 Å². The largest absolute Gasteiger partial charge is 0.363 e. The molecule has 1 saturated heterocycles. The number of nitrogens with zero attached hydrogens (tertiary/aromatic N) is 6. The molecule has 0 saturated carbocycles. The van der Waals surface area contributed by atoms with Crippen LogP contribution in [0.15, 0.2) is 18.5 Å². The number of pyridine rings is 1. The number of aromatic nitrogens is 3. The third-order valence-corrected chi connectivity index (χ3v) is 8.17. The number of fused-ring (bicyclic) bond motifs is 2. The van der Waals surface area contributed by atoms with Gasteiger partial charge >= 0.3 is 0 Å². The average molecular weight is 451 g/mol. The van der Waals surface area contributed by atoms with Crippen LogP contribution in [0.1, 0.15) is 59.6 Å². The summed E-state index contributed by atoms with van der Waals surface area (Å²) >= 11 is 0. The molecule has 0 N–H and O–H groups in total. The van der Waals surface area contributed by atoms with Gasteiger partial charge in [0.1, 0.15) is 18.1 Å². The molecule has 166 valence electrons. The lowest BCUT2D eigenvalue weighted by atomic mass is 9.87. The highest BCUT2D eigenvalue weighted by molar-refractivity contribution is 7.88. The monoisotopic (exact) mass is 450 g/mol. The van der Waals surface area contributed by atoms with Crippen LogP contribution < -0.4 is 4.90 Å². The first-order chi connectivity index (χ1) is 15.3. The molecule has 0 aromatic carbocycles. The summed E-state index contributed by atoms with van der Waals surface area (Å²) in [7, 11) is -3.16. The van der Waals surface area contributed by atoms with Crippen LogP contribution in [0, 0.1) is 11.3 Å². The molecule has 0 radical (unpaired) electrons. The first kappa shape index (κ1) is 21.0. The van der Waals surface area contributed by atoms with Crippen LogP contribution in [0.25, 0.3) is 6.08 Å². The van der Waals surface area contributed by atoms with Gasteiger partial charge in [-0.25, -0.2) is 27.7 Å². The molecular formula is C23H26N6O2S. The second-order valence-corrected chi connectivity index (χ2v) is 10.9. The summed E-state index contributed by atoms with van der Waals surface area (Å²) in [5.41, 5.74) is 6.80. The van der Waals surface area contributed by atoms with Crippen LogP contribution >= 0.6 is 0 Å². The van der Waals surface area contributed by atoms with E-state index in [-0.39, 0.29) is 12.0 Å². The van der Waals surface area contributed by atoms with Gasteiger partial charge in [0.15, 0.2) is 0 Å². The SMILES string of the molecule is C[C@@H]1Cc2ncnc(C3CCN(S(C)(=O)=O)CC3)c2CN1c1cc(C#N)nc2c1C=CC2. The number of anilines is 1. The fourth-order valence-corrected chi connectivity index (χ4v) is 6.05. The average Bonchev–Trinajstić information content (AvgIpc) is 3.26. The van der Waals surface area contributed by atoms with E-state index >= 15 is 0 Å². The Morgan fingerprint density at radius 3 is 2.69 bits per heavy atom. The van der Waals surface area contributed by atoms with E-state index in [1.54, 1.807) is 10.6 Å². The van der Waals surface area contributed by atoms with Crippen LogP contribution in [0.3, 0.4) is 0 Å². The summed E-state index contributed by atoms with van der Waals surface area (Å²) < 4.78 is 25.4. The molecule has 3 aliphatic rings. The molecule has 0 amide bonds. The third-order valence-electron chi connectivity index (χ3n) is 6.86. The van der Waals surface area contributed by atoms with E-state index in [0.29, 0.717) is 25.3 Å². The second kappa shape index (κ2) is 7.94. The Balaban J connectivity index is 1.48. The molecular weight excluding hydrogens is 424 g/mol. The van der Waals surface area contributed by atoms with Crippen molar-refractivity contribution in [1.29, 1.82) is 5.26 Å². The van der Waals surface area contributed by atoms with Crippen molar-refractivity contribution >= 4 is 21.8 Å². The van der Waals surface area contributed by atoms with Crippen molar-refractivity contribution in [3.05, 3.63) is 52.4 Å². The van der Waals surface area contributed by atoms with Gasteiger partial charge in [-0.15, -0.1) is 0 Å². The first-order valence-corrected chi connectivity index (χ1v) is 12.8. The number of sulfonamides is 1. The number of nitriles is 1. The van der Waals surface area contributed by atoms with Crippen molar-refractivity contribution in [2.24, 2.45) is 0 Å². The second-order valence-electron chi connectivity index (χ2n) is 8.91. The highest BCUT2D eigenvalue weighted by Crippen LogP contribution is 2.38. The smallest absolute Gasteiger partial charge is 0.211 e. The van der Waals surface area contributed by atoms with E-state index in [1.807, 2.05) is 6.07 Å². The predicted octanol–water partition coefficient (Wildman–Crippen LogP) is 2.40. The van der Waals surface area contributed by atoms with Gasteiger partial charge in [-0.2, -0.15) is 5.26 Å². The maximum Gasteiger partial charge on any atom is 0.211 e. The van der Waals surface area contributed by atoms with Crippen molar-refractivity contribution in [3.8, 4) is 6.07 Å². The maximum atomic E-state index is 11.9. The molecule has 2 aromatic rings. The van der Waals surface area contributed by atoms with E-state index in [9.17, 15) is 13.7 Å². The van der Waals surface area contributed by atoms with Crippen LogP contribution in [-0.2, 0) is 29.4 Å².